The molecule has 162 valence electrons. The van der Waals surface area contributed by atoms with Gasteiger partial charge in [0.15, 0.2) is 0 Å². The van der Waals surface area contributed by atoms with Crippen molar-refractivity contribution in [1.29, 1.82) is 0 Å². The van der Waals surface area contributed by atoms with Crippen LogP contribution in [0, 0.1) is 0 Å². The van der Waals surface area contributed by atoms with Gasteiger partial charge in [-0.1, -0.05) is 30.3 Å². The zero-order valence-electron chi connectivity index (χ0n) is 18.5. The summed E-state index contributed by atoms with van der Waals surface area (Å²) in [6.45, 7) is 6.72. The topological polar surface area (TPSA) is 18.5 Å². The van der Waals surface area contributed by atoms with Gasteiger partial charge in [0.1, 0.15) is 0 Å². The van der Waals surface area contributed by atoms with E-state index in [0.717, 1.165) is 19.6 Å². The smallest absolute Gasteiger partial charge is 0.0432 e. The van der Waals surface area contributed by atoms with E-state index in [0.29, 0.717) is 12.1 Å². The highest BCUT2D eigenvalue weighted by Gasteiger charge is 2.24. The predicted molar refractivity (Wildman–Crippen MR) is 134 cm³/mol. The average molecular weight is 432 g/mol. The van der Waals surface area contributed by atoms with Crippen LogP contribution in [0.15, 0.2) is 66.0 Å². The molecule has 3 heterocycles. The minimum atomic E-state index is 0.581. The van der Waals surface area contributed by atoms with Gasteiger partial charge in [0.2, 0.25) is 0 Å². The lowest BCUT2D eigenvalue weighted by Gasteiger charge is -2.37. The summed E-state index contributed by atoms with van der Waals surface area (Å²) in [4.78, 5) is 6.60. The minimum absolute atomic E-state index is 0.581. The van der Waals surface area contributed by atoms with E-state index in [1.165, 1.54) is 59.6 Å². The van der Waals surface area contributed by atoms with Crippen molar-refractivity contribution in [2.45, 2.75) is 51.2 Å². The van der Waals surface area contributed by atoms with Gasteiger partial charge in [-0.15, -0.1) is 11.3 Å². The highest BCUT2D eigenvalue weighted by atomic mass is 32.1. The molecule has 1 atom stereocenters. The monoisotopic (exact) mass is 431 g/mol. The molecule has 0 unspecified atom stereocenters. The molecule has 2 aliphatic heterocycles. The highest BCUT2D eigenvalue weighted by molar-refractivity contribution is 7.13. The Bertz CT molecular complexity index is 978. The van der Waals surface area contributed by atoms with Gasteiger partial charge in [0, 0.05) is 41.4 Å². The first kappa shape index (κ1) is 20.6. The van der Waals surface area contributed by atoms with Crippen LogP contribution in [0.3, 0.4) is 0 Å². The molecule has 0 aliphatic carbocycles. The quantitative estimate of drug-likeness (QED) is 0.504. The van der Waals surface area contributed by atoms with Crippen molar-refractivity contribution in [2.24, 2.45) is 0 Å². The third-order valence-corrected chi connectivity index (χ3v) is 7.80. The van der Waals surface area contributed by atoms with Crippen molar-refractivity contribution in [1.82, 2.24) is 5.32 Å². The molecule has 1 aromatic heterocycles. The van der Waals surface area contributed by atoms with E-state index < -0.39 is 0 Å². The molecule has 0 saturated carbocycles. The lowest BCUT2D eigenvalue weighted by atomic mass is 10.0. The average Bonchev–Trinajstić information content (AvgIpc) is 3.50. The van der Waals surface area contributed by atoms with Crippen molar-refractivity contribution in [2.75, 3.05) is 29.4 Å². The second-order valence-electron chi connectivity index (χ2n) is 8.99. The van der Waals surface area contributed by atoms with E-state index in [4.69, 9.17) is 0 Å². The summed E-state index contributed by atoms with van der Waals surface area (Å²) < 4.78 is 0. The van der Waals surface area contributed by atoms with Crippen molar-refractivity contribution in [3.05, 3.63) is 71.6 Å². The summed E-state index contributed by atoms with van der Waals surface area (Å²) in [5.74, 6) is 0. The second-order valence-corrected chi connectivity index (χ2v) is 9.94. The van der Waals surface area contributed by atoms with Crippen molar-refractivity contribution in [3.63, 3.8) is 0 Å². The van der Waals surface area contributed by atoms with Crippen molar-refractivity contribution in [3.8, 4) is 10.4 Å². The molecular weight excluding hydrogens is 398 g/mol. The molecular formula is C27H33N3S. The molecule has 5 rings (SSSR count). The molecule has 2 aromatic carbocycles. The van der Waals surface area contributed by atoms with Gasteiger partial charge in [-0.25, -0.2) is 0 Å². The molecule has 3 aromatic rings. The Kier molecular flexibility index (Phi) is 6.28. The number of nitrogens with one attached hydrogen (secondary N) is 1. The summed E-state index contributed by atoms with van der Waals surface area (Å²) in [5.41, 5.74) is 5.47. The first-order valence-electron chi connectivity index (χ1n) is 11.7. The van der Waals surface area contributed by atoms with Gasteiger partial charge >= 0.3 is 0 Å². The lowest BCUT2D eigenvalue weighted by Crippen LogP contribution is -2.43. The number of nitrogens with zero attached hydrogens (tertiary/aromatic N) is 2. The van der Waals surface area contributed by atoms with Crippen LogP contribution in [-0.4, -0.2) is 31.7 Å². The van der Waals surface area contributed by atoms with E-state index in [2.05, 4.69) is 88.1 Å². The largest absolute Gasteiger partial charge is 0.369 e. The summed E-state index contributed by atoms with van der Waals surface area (Å²) in [7, 11) is 0. The van der Waals surface area contributed by atoms with Crippen LogP contribution in [-0.2, 0) is 6.54 Å². The number of piperidine rings is 1. The highest BCUT2D eigenvalue weighted by Crippen LogP contribution is 2.32. The number of hydrogen-bond donors (Lipinski definition) is 1. The molecule has 3 nitrogen and oxygen atoms in total. The van der Waals surface area contributed by atoms with E-state index in [9.17, 15) is 0 Å². The van der Waals surface area contributed by atoms with E-state index >= 15 is 0 Å². The van der Waals surface area contributed by atoms with Crippen LogP contribution in [0.25, 0.3) is 10.4 Å². The summed E-state index contributed by atoms with van der Waals surface area (Å²) >= 11 is 1.82. The predicted octanol–water partition coefficient (Wildman–Crippen LogP) is 6.16. The Hall–Kier alpha value is -2.30. The Balaban J connectivity index is 1.45. The fourth-order valence-corrected chi connectivity index (χ4v) is 5.90. The SMILES string of the molecule is C[C@H]1CCCN1c1cccc(N(Cc2cccc(-c3cccs3)c2)C2CCNCC2)c1. The van der Waals surface area contributed by atoms with E-state index in [1.54, 1.807) is 0 Å². The third kappa shape index (κ3) is 4.65. The normalized spacial score (nSPS) is 19.6. The Morgan fingerprint density at radius 3 is 2.65 bits per heavy atom. The van der Waals surface area contributed by atoms with Crippen LogP contribution in [0.2, 0.25) is 0 Å². The number of rotatable bonds is 6. The fourth-order valence-electron chi connectivity index (χ4n) is 5.18. The van der Waals surface area contributed by atoms with Gasteiger partial charge in [-0.05, 0) is 92.5 Å². The molecule has 0 spiro atoms. The molecule has 4 heteroatoms. The molecule has 1 N–H and O–H groups in total. The van der Waals surface area contributed by atoms with Gasteiger partial charge in [0.05, 0.1) is 0 Å². The van der Waals surface area contributed by atoms with E-state index in [1.807, 2.05) is 11.3 Å². The molecule has 2 aliphatic rings. The van der Waals surface area contributed by atoms with Crippen LogP contribution in [0.5, 0.6) is 0 Å². The minimum Gasteiger partial charge on any atom is -0.369 e. The number of thiophene rings is 1. The van der Waals surface area contributed by atoms with Crippen molar-refractivity contribution < 1.29 is 0 Å². The zero-order chi connectivity index (χ0) is 21.0. The van der Waals surface area contributed by atoms with Crippen LogP contribution in [0.4, 0.5) is 11.4 Å². The van der Waals surface area contributed by atoms with Crippen molar-refractivity contribution >= 4 is 22.7 Å². The molecule has 2 fully saturated rings. The molecule has 0 bridgehead atoms. The fraction of sp³-hybridized carbons (Fsp3) is 0.407. The zero-order valence-corrected chi connectivity index (χ0v) is 19.3. The maximum Gasteiger partial charge on any atom is 0.0432 e. The maximum absolute atomic E-state index is 3.54. The summed E-state index contributed by atoms with van der Waals surface area (Å²) in [6, 6.07) is 24.0. The molecule has 0 amide bonds. The van der Waals surface area contributed by atoms with E-state index in [-0.39, 0.29) is 0 Å². The number of hydrogen-bond acceptors (Lipinski definition) is 4. The van der Waals surface area contributed by atoms with Crippen LogP contribution >= 0.6 is 11.3 Å². The number of benzene rings is 2. The molecule has 31 heavy (non-hydrogen) atoms. The first-order valence-corrected chi connectivity index (χ1v) is 12.6. The Labute approximate surface area is 190 Å². The molecule has 0 radical (unpaired) electrons. The standard InChI is InChI=1S/C27H33N3S/c1-21-6-4-16-29(21)25-9-3-10-26(19-25)30(24-12-14-28-15-13-24)20-22-7-2-8-23(18-22)27-11-5-17-31-27/h2-3,5,7-11,17-19,21,24,28H,4,6,12-16,20H2,1H3/t21-/m0/s1. The lowest BCUT2D eigenvalue weighted by molar-refractivity contribution is 0.428. The maximum atomic E-state index is 3.54. The Morgan fingerprint density at radius 1 is 1.00 bits per heavy atom. The number of anilines is 2. The van der Waals surface area contributed by atoms with Gasteiger partial charge < -0.3 is 15.1 Å². The second kappa shape index (κ2) is 9.46. The van der Waals surface area contributed by atoms with Gasteiger partial charge in [-0.3, -0.25) is 0 Å². The summed E-state index contributed by atoms with van der Waals surface area (Å²) in [5, 5.41) is 5.70. The van der Waals surface area contributed by atoms with Crippen LogP contribution < -0.4 is 15.1 Å². The van der Waals surface area contributed by atoms with Gasteiger partial charge in [0.25, 0.3) is 0 Å². The third-order valence-electron chi connectivity index (χ3n) is 6.88. The molecule has 2 saturated heterocycles. The summed E-state index contributed by atoms with van der Waals surface area (Å²) in [6.07, 6.45) is 5.01. The van der Waals surface area contributed by atoms with Gasteiger partial charge in [-0.2, -0.15) is 0 Å². The Morgan fingerprint density at radius 2 is 1.87 bits per heavy atom. The van der Waals surface area contributed by atoms with Crippen LogP contribution in [0.1, 0.15) is 38.2 Å². The first-order chi connectivity index (χ1) is 15.3.